The van der Waals surface area contributed by atoms with Gasteiger partial charge in [-0.25, -0.2) is 0 Å². The second kappa shape index (κ2) is 4.08. The minimum Gasteiger partial charge on any atom is -0.259 e. The van der Waals surface area contributed by atoms with E-state index in [-0.39, 0.29) is 5.69 Å². The molecule has 7 nitrogen and oxygen atoms in total. The predicted molar refractivity (Wildman–Crippen MR) is 46.9 cm³/mol. The van der Waals surface area contributed by atoms with Gasteiger partial charge in [-0.15, -0.1) is 0 Å². The molecular formula is C7H5N3O4. The van der Waals surface area contributed by atoms with Crippen molar-refractivity contribution in [3.05, 3.63) is 50.5 Å². The quantitative estimate of drug-likeness (QED) is 0.533. The summed E-state index contributed by atoms with van der Waals surface area (Å²) in [6.45, 7) is 0. The van der Waals surface area contributed by atoms with Crippen LogP contribution < -0.4 is 0 Å². The Kier molecular flexibility index (Phi) is 2.85. The number of nitrogens with zero attached hydrogens (tertiary/aromatic N) is 3. The van der Waals surface area contributed by atoms with Crippen LogP contribution >= 0.6 is 0 Å². The summed E-state index contributed by atoms with van der Waals surface area (Å²) in [7, 11) is 0. The number of hydrogen-bond acceptors (Lipinski definition) is 5. The van der Waals surface area contributed by atoms with E-state index in [9.17, 15) is 20.2 Å². The van der Waals surface area contributed by atoms with E-state index in [4.69, 9.17) is 0 Å². The lowest BCUT2D eigenvalue weighted by Gasteiger charge is -1.91. The molecule has 0 fully saturated rings. The van der Waals surface area contributed by atoms with Crippen LogP contribution in [0.1, 0.15) is 5.56 Å². The molecule has 0 spiro atoms. The third kappa shape index (κ3) is 2.63. The standard InChI is InChI=1S/C7H5N3O4/c11-9(12)2-1-6-3-7(10(13)14)5-8-4-6/h1-5H. The highest BCUT2D eigenvalue weighted by Crippen LogP contribution is 2.11. The molecule has 0 atom stereocenters. The van der Waals surface area contributed by atoms with E-state index in [0.29, 0.717) is 11.8 Å². The molecule has 0 saturated heterocycles. The molecular weight excluding hydrogens is 190 g/mol. The van der Waals surface area contributed by atoms with Crippen LogP contribution in [0.15, 0.2) is 24.7 Å². The van der Waals surface area contributed by atoms with Crippen LogP contribution in [0.25, 0.3) is 6.08 Å². The van der Waals surface area contributed by atoms with Gasteiger partial charge < -0.3 is 0 Å². The normalized spacial score (nSPS) is 10.3. The average molecular weight is 195 g/mol. The third-order valence-electron chi connectivity index (χ3n) is 1.34. The maximum absolute atomic E-state index is 10.3. The maximum atomic E-state index is 10.3. The largest absolute Gasteiger partial charge is 0.288 e. The lowest BCUT2D eigenvalue weighted by Crippen LogP contribution is -1.90. The van der Waals surface area contributed by atoms with Gasteiger partial charge in [0.15, 0.2) is 0 Å². The smallest absolute Gasteiger partial charge is 0.259 e. The molecule has 0 aliphatic rings. The zero-order valence-electron chi connectivity index (χ0n) is 6.86. The van der Waals surface area contributed by atoms with Crippen LogP contribution in [0.3, 0.4) is 0 Å². The van der Waals surface area contributed by atoms with Crippen molar-refractivity contribution in [2.24, 2.45) is 0 Å². The van der Waals surface area contributed by atoms with Crippen molar-refractivity contribution in [1.82, 2.24) is 4.98 Å². The molecule has 1 aromatic rings. The molecule has 1 rings (SSSR count). The van der Waals surface area contributed by atoms with E-state index >= 15 is 0 Å². The monoisotopic (exact) mass is 195 g/mol. The first-order valence-corrected chi connectivity index (χ1v) is 3.51. The number of aromatic nitrogens is 1. The van der Waals surface area contributed by atoms with Gasteiger partial charge in [-0.2, -0.15) is 0 Å². The lowest BCUT2D eigenvalue weighted by molar-refractivity contribution is -0.400. The van der Waals surface area contributed by atoms with Crippen molar-refractivity contribution in [3.63, 3.8) is 0 Å². The fourth-order valence-corrected chi connectivity index (χ4v) is 0.783. The van der Waals surface area contributed by atoms with Gasteiger partial charge in [-0.3, -0.25) is 25.2 Å². The van der Waals surface area contributed by atoms with Crippen molar-refractivity contribution in [2.75, 3.05) is 0 Å². The summed E-state index contributed by atoms with van der Waals surface area (Å²) in [5.74, 6) is 0. The Labute approximate surface area is 78.0 Å². The summed E-state index contributed by atoms with van der Waals surface area (Å²) in [4.78, 5) is 22.6. The van der Waals surface area contributed by atoms with Crippen molar-refractivity contribution in [1.29, 1.82) is 0 Å². The second-order valence-corrected chi connectivity index (χ2v) is 2.33. The van der Waals surface area contributed by atoms with Gasteiger partial charge in [0, 0.05) is 23.9 Å². The molecule has 0 unspecified atom stereocenters. The Morgan fingerprint density at radius 3 is 2.57 bits per heavy atom. The van der Waals surface area contributed by atoms with Crippen LogP contribution in [0, 0.1) is 20.2 Å². The van der Waals surface area contributed by atoms with E-state index in [2.05, 4.69) is 4.98 Å². The van der Waals surface area contributed by atoms with Gasteiger partial charge in [-0.1, -0.05) is 0 Å². The molecule has 14 heavy (non-hydrogen) atoms. The zero-order chi connectivity index (χ0) is 10.6. The SMILES string of the molecule is O=[N+]([O-])C=Cc1cncc([N+](=O)[O-])c1. The van der Waals surface area contributed by atoms with Gasteiger partial charge in [0.2, 0.25) is 6.20 Å². The van der Waals surface area contributed by atoms with Crippen molar-refractivity contribution in [2.45, 2.75) is 0 Å². The molecule has 0 radical (unpaired) electrons. The first-order chi connectivity index (χ1) is 6.59. The number of pyridine rings is 1. The highest BCUT2D eigenvalue weighted by Gasteiger charge is 2.05. The minimum absolute atomic E-state index is 0.199. The Morgan fingerprint density at radius 2 is 2.00 bits per heavy atom. The predicted octanol–water partition coefficient (Wildman–Crippen LogP) is 1.24. The molecule has 1 aromatic heterocycles. The highest BCUT2D eigenvalue weighted by atomic mass is 16.6. The fourth-order valence-electron chi connectivity index (χ4n) is 0.783. The molecule has 0 N–H and O–H groups in total. The summed E-state index contributed by atoms with van der Waals surface area (Å²) in [6, 6.07) is 1.20. The molecule has 0 bridgehead atoms. The molecule has 1 heterocycles. The summed E-state index contributed by atoms with van der Waals surface area (Å²) in [5.41, 5.74) is 0.117. The molecule has 72 valence electrons. The van der Waals surface area contributed by atoms with Crippen molar-refractivity contribution in [3.8, 4) is 0 Å². The Morgan fingerprint density at radius 1 is 1.29 bits per heavy atom. The van der Waals surface area contributed by atoms with Crippen LogP contribution in [-0.2, 0) is 0 Å². The van der Waals surface area contributed by atoms with Gasteiger partial charge in [0.1, 0.15) is 6.20 Å². The van der Waals surface area contributed by atoms with E-state index < -0.39 is 9.85 Å². The Hall–Kier alpha value is -2.31. The summed E-state index contributed by atoms with van der Waals surface area (Å²) >= 11 is 0. The van der Waals surface area contributed by atoms with Gasteiger partial charge >= 0.3 is 0 Å². The van der Waals surface area contributed by atoms with Crippen LogP contribution in [0.4, 0.5) is 5.69 Å². The van der Waals surface area contributed by atoms with Crippen molar-refractivity contribution < 1.29 is 9.85 Å². The zero-order valence-corrected chi connectivity index (χ0v) is 6.86. The van der Waals surface area contributed by atoms with Gasteiger partial charge in [-0.05, 0) is 0 Å². The van der Waals surface area contributed by atoms with E-state index in [1.807, 2.05) is 0 Å². The third-order valence-corrected chi connectivity index (χ3v) is 1.34. The molecule has 0 amide bonds. The minimum atomic E-state index is -0.654. The highest BCUT2D eigenvalue weighted by molar-refractivity contribution is 5.50. The van der Waals surface area contributed by atoms with Gasteiger partial charge in [0.05, 0.1) is 9.85 Å². The Bertz CT molecular complexity index is 402. The number of nitro groups is 2. The molecule has 0 saturated carbocycles. The van der Waals surface area contributed by atoms with Crippen LogP contribution in [-0.4, -0.2) is 14.8 Å². The maximum Gasteiger partial charge on any atom is 0.288 e. The molecule has 0 aliphatic heterocycles. The topological polar surface area (TPSA) is 99.2 Å². The summed E-state index contributed by atoms with van der Waals surface area (Å²) < 4.78 is 0. The molecule has 0 aromatic carbocycles. The fraction of sp³-hybridized carbons (Fsp3) is 0. The first kappa shape index (κ1) is 9.78. The molecule has 7 heteroatoms. The lowest BCUT2D eigenvalue weighted by atomic mass is 10.2. The first-order valence-electron chi connectivity index (χ1n) is 3.51. The van der Waals surface area contributed by atoms with E-state index in [1.165, 1.54) is 12.3 Å². The molecule has 0 aliphatic carbocycles. The Balaban J connectivity index is 2.94. The number of hydrogen-bond donors (Lipinski definition) is 0. The summed E-state index contributed by atoms with van der Waals surface area (Å²) in [6.07, 6.45) is 4.21. The summed E-state index contributed by atoms with van der Waals surface area (Å²) in [5, 5.41) is 20.3. The van der Waals surface area contributed by atoms with E-state index in [1.54, 1.807) is 0 Å². The van der Waals surface area contributed by atoms with E-state index in [0.717, 1.165) is 12.3 Å². The van der Waals surface area contributed by atoms with Crippen molar-refractivity contribution >= 4 is 11.8 Å². The second-order valence-electron chi connectivity index (χ2n) is 2.33. The van der Waals surface area contributed by atoms with Gasteiger partial charge in [0.25, 0.3) is 5.69 Å². The van der Waals surface area contributed by atoms with Crippen LogP contribution in [0.5, 0.6) is 0 Å². The van der Waals surface area contributed by atoms with Crippen LogP contribution in [0.2, 0.25) is 0 Å². The number of rotatable bonds is 3. The average Bonchev–Trinajstić information content (AvgIpc) is 2.15.